The summed E-state index contributed by atoms with van der Waals surface area (Å²) in [4.78, 5) is 15.5. The molecule has 1 aliphatic heterocycles. The lowest BCUT2D eigenvalue weighted by molar-refractivity contribution is 0.0696. The smallest absolute Gasteiger partial charge is 0.335 e. The maximum atomic E-state index is 11.5. The molecule has 2 atom stereocenters. The molecule has 2 aromatic carbocycles. The number of nitrogens with one attached hydrogen (secondary N) is 1. The quantitative estimate of drug-likeness (QED) is 0.404. The Labute approximate surface area is 204 Å². The van der Waals surface area contributed by atoms with Crippen LogP contribution >= 0.6 is 0 Å². The average molecular weight is 475 g/mol. The topological polar surface area (TPSA) is 101 Å². The summed E-state index contributed by atoms with van der Waals surface area (Å²) in [6, 6.07) is 14.9. The number of aliphatic hydroxyl groups is 1. The number of nitrogens with zero attached hydrogens (tertiary/aromatic N) is 1. The van der Waals surface area contributed by atoms with Crippen molar-refractivity contribution in [2.24, 2.45) is 5.92 Å². The lowest BCUT2D eigenvalue weighted by Crippen LogP contribution is -2.36. The first kappa shape index (κ1) is 23.3. The SMILES string of the molecule is O=C(O)c1ccc(-c2ccc3c(c2)CC[C@H](CNC[C@@H](O)c2cccnc2)O3)c(OCC2CC2)c1. The van der Waals surface area contributed by atoms with E-state index in [1.165, 1.54) is 12.8 Å². The number of carbonyl (C=O) groups is 1. The molecule has 3 N–H and O–H groups in total. The largest absolute Gasteiger partial charge is 0.493 e. The number of aryl methyl sites for hydroxylation is 1. The number of carboxylic acid groups (broad SMARTS) is 1. The van der Waals surface area contributed by atoms with Crippen LogP contribution in [-0.2, 0) is 6.42 Å². The normalized spacial score (nSPS) is 17.8. The minimum absolute atomic E-state index is 0.0294. The summed E-state index contributed by atoms with van der Waals surface area (Å²) in [6.07, 6.45) is 6.88. The molecule has 3 aromatic rings. The molecule has 0 bridgehead atoms. The average Bonchev–Trinajstić information content (AvgIpc) is 3.72. The number of hydrogen-bond acceptors (Lipinski definition) is 6. The first-order valence-corrected chi connectivity index (χ1v) is 12.2. The Morgan fingerprint density at radius 2 is 2.06 bits per heavy atom. The number of fused-ring (bicyclic) bond motifs is 1. The fourth-order valence-corrected chi connectivity index (χ4v) is 4.33. The van der Waals surface area contributed by atoms with Crippen LogP contribution in [0.1, 0.15) is 46.9 Å². The highest BCUT2D eigenvalue weighted by atomic mass is 16.5. The second-order valence-electron chi connectivity index (χ2n) is 9.33. The molecule has 1 fully saturated rings. The number of aromatic carboxylic acids is 1. The van der Waals surface area contributed by atoms with Gasteiger partial charge >= 0.3 is 5.97 Å². The minimum Gasteiger partial charge on any atom is -0.493 e. The van der Waals surface area contributed by atoms with Gasteiger partial charge in [0.1, 0.15) is 17.6 Å². The van der Waals surface area contributed by atoms with Crippen molar-refractivity contribution < 1.29 is 24.5 Å². The molecule has 0 radical (unpaired) electrons. The van der Waals surface area contributed by atoms with Crippen LogP contribution in [0, 0.1) is 5.92 Å². The number of pyridine rings is 1. The van der Waals surface area contributed by atoms with Crippen molar-refractivity contribution in [3.05, 3.63) is 77.6 Å². The van der Waals surface area contributed by atoms with Gasteiger partial charge in [0.25, 0.3) is 0 Å². The van der Waals surface area contributed by atoms with Crippen LogP contribution in [0.15, 0.2) is 60.9 Å². The standard InChI is InChI=1S/C28H30N2O5/c31-25(22-2-1-11-29-14-22)16-30-15-23-8-5-20-12-19(7-10-26(20)35-23)24-9-6-21(28(32)33)13-27(24)34-17-18-3-4-18/h1-2,6-7,9-14,18,23,25,30-31H,3-5,8,15-17H2,(H,32,33)/t23-,25-/m1/s1. The van der Waals surface area contributed by atoms with Crippen LogP contribution in [0.4, 0.5) is 0 Å². The number of rotatable bonds is 10. The zero-order chi connectivity index (χ0) is 24.2. The molecule has 0 amide bonds. The molecule has 7 nitrogen and oxygen atoms in total. The van der Waals surface area contributed by atoms with Crippen molar-refractivity contribution in [2.75, 3.05) is 19.7 Å². The van der Waals surface area contributed by atoms with Crippen molar-refractivity contribution in [1.82, 2.24) is 10.3 Å². The molecule has 2 aliphatic rings. The van der Waals surface area contributed by atoms with Gasteiger partial charge in [-0.25, -0.2) is 4.79 Å². The summed E-state index contributed by atoms with van der Waals surface area (Å²) in [5, 5.41) is 23.0. The Morgan fingerprint density at radius 1 is 1.17 bits per heavy atom. The lowest BCUT2D eigenvalue weighted by Gasteiger charge is -2.27. The second-order valence-corrected chi connectivity index (χ2v) is 9.33. The van der Waals surface area contributed by atoms with Crippen molar-refractivity contribution in [2.45, 2.75) is 37.9 Å². The Kier molecular flexibility index (Phi) is 6.97. The minimum atomic E-state index is -0.959. The van der Waals surface area contributed by atoms with E-state index in [0.29, 0.717) is 31.4 Å². The molecule has 7 heteroatoms. The van der Waals surface area contributed by atoms with Crippen LogP contribution in [0.3, 0.4) is 0 Å². The van der Waals surface area contributed by atoms with Crippen LogP contribution in [-0.4, -0.2) is 47.0 Å². The first-order chi connectivity index (χ1) is 17.1. The number of hydrogen-bond donors (Lipinski definition) is 3. The molecule has 0 unspecified atom stereocenters. The number of aromatic nitrogens is 1. The highest BCUT2D eigenvalue weighted by molar-refractivity contribution is 5.89. The lowest BCUT2D eigenvalue weighted by atomic mass is 9.96. The summed E-state index contributed by atoms with van der Waals surface area (Å²) < 4.78 is 12.2. The van der Waals surface area contributed by atoms with E-state index in [9.17, 15) is 15.0 Å². The van der Waals surface area contributed by atoms with E-state index in [1.807, 2.05) is 30.3 Å². The summed E-state index contributed by atoms with van der Waals surface area (Å²) >= 11 is 0. The highest BCUT2D eigenvalue weighted by Crippen LogP contribution is 2.37. The van der Waals surface area contributed by atoms with E-state index >= 15 is 0 Å². The van der Waals surface area contributed by atoms with Gasteiger partial charge in [0.15, 0.2) is 0 Å². The molecular formula is C28H30N2O5. The Morgan fingerprint density at radius 3 is 2.83 bits per heavy atom. The molecule has 182 valence electrons. The zero-order valence-corrected chi connectivity index (χ0v) is 19.5. The van der Waals surface area contributed by atoms with E-state index in [-0.39, 0.29) is 11.7 Å². The van der Waals surface area contributed by atoms with Crippen molar-refractivity contribution >= 4 is 5.97 Å². The molecule has 0 spiro atoms. The van der Waals surface area contributed by atoms with Crippen LogP contribution < -0.4 is 14.8 Å². The monoisotopic (exact) mass is 474 g/mol. The number of carboxylic acids is 1. The van der Waals surface area contributed by atoms with Crippen molar-refractivity contribution in [3.63, 3.8) is 0 Å². The van der Waals surface area contributed by atoms with E-state index in [4.69, 9.17) is 9.47 Å². The number of ether oxygens (including phenoxy) is 2. The van der Waals surface area contributed by atoms with Gasteiger partial charge in [-0.3, -0.25) is 4.98 Å². The first-order valence-electron chi connectivity index (χ1n) is 12.2. The van der Waals surface area contributed by atoms with E-state index in [0.717, 1.165) is 40.8 Å². The maximum absolute atomic E-state index is 11.5. The molecule has 0 saturated heterocycles. The summed E-state index contributed by atoms with van der Waals surface area (Å²) in [5.41, 5.74) is 4.03. The van der Waals surface area contributed by atoms with Crippen molar-refractivity contribution in [3.8, 4) is 22.6 Å². The van der Waals surface area contributed by atoms with Gasteiger partial charge in [-0.1, -0.05) is 12.1 Å². The summed E-state index contributed by atoms with van der Waals surface area (Å²) in [5.74, 6) is 1.09. The third-order valence-electron chi connectivity index (χ3n) is 6.58. The van der Waals surface area contributed by atoms with Gasteiger partial charge in [0, 0.05) is 36.6 Å². The molecular weight excluding hydrogens is 444 g/mol. The van der Waals surface area contributed by atoms with Gasteiger partial charge in [-0.2, -0.15) is 0 Å². The van der Waals surface area contributed by atoms with E-state index in [1.54, 1.807) is 24.5 Å². The van der Waals surface area contributed by atoms with Crippen LogP contribution in [0.25, 0.3) is 11.1 Å². The Hall–Kier alpha value is -3.42. The highest BCUT2D eigenvalue weighted by Gasteiger charge is 2.24. The van der Waals surface area contributed by atoms with Gasteiger partial charge < -0.3 is 25.0 Å². The van der Waals surface area contributed by atoms with Gasteiger partial charge in [-0.05, 0) is 79.1 Å². The third kappa shape index (κ3) is 5.81. The number of benzene rings is 2. The van der Waals surface area contributed by atoms with Gasteiger partial charge in [0.05, 0.1) is 18.3 Å². The predicted molar refractivity (Wildman–Crippen MR) is 132 cm³/mol. The fourth-order valence-electron chi connectivity index (χ4n) is 4.33. The van der Waals surface area contributed by atoms with E-state index < -0.39 is 12.1 Å². The summed E-state index contributed by atoms with van der Waals surface area (Å²) in [6.45, 7) is 1.70. The molecule has 5 rings (SSSR count). The molecule has 1 aromatic heterocycles. The summed E-state index contributed by atoms with van der Waals surface area (Å²) in [7, 11) is 0. The van der Waals surface area contributed by atoms with Crippen molar-refractivity contribution in [1.29, 1.82) is 0 Å². The fraction of sp³-hybridized carbons (Fsp3) is 0.357. The van der Waals surface area contributed by atoms with Gasteiger partial charge in [0.2, 0.25) is 0 Å². The molecule has 1 aliphatic carbocycles. The third-order valence-corrected chi connectivity index (χ3v) is 6.58. The van der Waals surface area contributed by atoms with Crippen LogP contribution in [0.2, 0.25) is 0 Å². The maximum Gasteiger partial charge on any atom is 0.335 e. The Balaban J connectivity index is 1.23. The van der Waals surface area contributed by atoms with E-state index in [2.05, 4.69) is 16.4 Å². The predicted octanol–water partition coefficient (Wildman–Crippen LogP) is 4.25. The Bertz CT molecular complexity index is 1180. The number of aliphatic hydroxyl groups excluding tert-OH is 1. The molecule has 35 heavy (non-hydrogen) atoms. The second kappa shape index (κ2) is 10.5. The molecule has 1 saturated carbocycles. The van der Waals surface area contributed by atoms with Crippen LogP contribution in [0.5, 0.6) is 11.5 Å². The van der Waals surface area contributed by atoms with Gasteiger partial charge in [-0.15, -0.1) is 0 Å². The zero-order valence-electron chi connectivity index (χ0n) is 19.5. The molecule has 2 heterocycles.